The van der Waals surface area contributed by atoms with Gasteiger partial charge in [-0.3, -0.25) is 9.78 Å². The first kappa shape index (κ1) is 14.7. The van der Waals surface area contributed by atoms with Crippen LogP contribution in [-0.2, 0) is 6.42 Å². The van der Waals surface area contributed by atoms with Crippen LogP contribution in [0.25, 0.3) is 10.9 Å². The Hall–Kier alpha value is -1.70. The van der Waals surface area contributed by atoms with Crippen molar-refractivity contribution in [3.8, 4) is 0 Å². The quantitative estimate of drug-likeness (QED) is 0.501. The molecule has 2 nitrogen and oxygen atoms in total. The molecule has 0 bridgehead atoms. The molecule has 1 aromatic heterocycles. The zero-order chi connectivity index (χ0) is 14.2. The fourth-order valence-corrected chi connectivity index (χ4v) is 2.66. The normalized spacial score (nSPS) is 10.8. The Morgan fingerprint density at radius 3 is 2.65 bits per heavy atom. The lowest BCUT2D eigenvalue weighted by atomic mass is 9.99. The van der Waals surface area contributed by atoms with Crippen LogP contribution in [0.15, 0.2) is 30.5 Å². The number of carbonyl (C=O) groups is 1. The van der Waals surface area contributed by atoms with Gasteiger partial charge < -0.3 is 0 Å². The summed E-state index contributed by atoms with van der Waals surface area (Å²) in [4.78, 5) is 15.4. The lowest BCUT2D eigenvalue weighted by molar-refractivity contribution is 0.112. The third kappa shape index (κ3) is 3.66. The number of nitrogens with zero attached hydrogens (tertiary/aromatic N) is 1. The van der Waals surface area contributed by atoms with Crippen molar-refractivity contribution in [3.05, 3.63) is 41.6 Å². The van der Waals surface area contributed by atoms with Crippen LogP contribution in [0.1, 0.15) is 61.4 Å². The van der Waals surface area contributed by atoms with E-state index < -0.39 is 0 Å². The summed E-state index contributed by atoms with van der Waals surface area (Å²) in [5.41, 5.74) is 2.84. The van der Waals surface area contributed by atoms with Crippen molar-refractivity contribution in [2.24, 2.45) is 0 Å². The molecule has 0 fully saturated rings. The minimum absolute atomic E-state index is 0.687. The summed E-state index contributed by atoms with van der Waals surface area (Å²) in [6.45, 7) is 2.24. The van der Waals surface area contributed by atoms with Crippen LogP contribution >= 0.6 is 0 Å². The number of pyridine rings is 1. The van der Waals surface area contributed by atoms with E-state index in [-0.39, 0.29) is 0 Å². The zero-order valence-corrected chi connectivity index (χ0v) is 12.3. The number of aromatic nitrogens is 1. The van der Waals surface area contributed by atoms with Gasteiger partial charge in [0.25, 0.3) is 0 Å². The molecule has 0 amide bonds. The first-order valence-corrected chi connectivity index (χ1v) is 7.68. The average molecular weight is 269 g/mol. The monoisotopic (exact) mass is 269 g/mol. The molecule has 0 saturated carbocycles. The highest BCUT2D eigenvalue weighted by Gasteiger charge is 2.06. The predicted molar refractivity (Wildman–Crippen MR) is 84.2 cm³/mol. The average Bonchev–Trinajstić information content (AvgIpc) is 2.50. The number of fused-ring (bicyclic) bond motifs is 1. The number of hydrogen-bond acceptors (Lipinski definition) is 2. The minimum atomic E-state index is 0.687. The maximum absolute atomic E-state index is 11.1. The van der Waals surface area contributed by atoms with Gasteiger partial charge in [-0.15, -0.1) is 0 Å². The molecule has 0 atom stereocenters. The smallest absolute Gasteiger partial charge is 0.152 e. The Morgan fingerprint density at radius 2 is 1.85 bits per heavy atom. The molecule has 0 unspecified atom stereocenters. The van der Waals surface area contributed by atoms with Crippen LogP contribution in [0.5, 0.6) is 0 Å². The van der Waals surface area contributed by atoms with Crippen molar-refractivity contribution in [2.45, 2.75) is 51.9 Å². The minimum Gasteiger partial charge on any atom is -0.298 e. The van der Waals surface area contributed by atoms with E-state index in [0.717, 1.165) is 23.6 Å². The summed E-state index contributed by atoms with van der Waals surface area (Å²) >= 11 is 0. The van der Waals surface area contributed by atoms with Crippen LogP contribution in [0.4, 0.5) is 0 Å². The maximum atomic E-state index is 11.1. The van der Waals surface area contributed by atoms with Crippen LogP contribution < -0.4 is 0 Å². The Labute approximate surface area is 121 Å². The number of benzene rings is 1. The molecule has 106 valence electrons. The molecule has 1 aromatic carbocycles. The Bertz CT molecular complexity index is 562. The second-order valence-electron chi connectivity index (χ2n) is 5.35. The molecule has 20 heavy (non-hydrogen) atoms. The first-order valence-electron chi connectivity index (χ1n) is 7.68. The van der Waals surface area contributed by atoms with Crippen molar-refractivity contribution in [1.29, 1.82) is 0 Å². The number of unbranched alkanes of at least 4 members (excludes halogenated alkanes) is 5. The third-order valence-electron chi connectivity index (χ3n) is 3.82. The van der Waals surface area contributed by atoms with E-state index in [2.05, 4.69) is 24.0 Å². The zero-order valence-electron chi connectivity index (χ0n) is 12.3. The van der Waals surface area contributed by atoms with Gasteiger partial charge >= 0.3 is 0 Å². The van der Waals surface area contributed by atoms with Gasteiger partial charge in [-0.25, -0.2) is 0 Å². The lowest BCUT2D eigenvalue weighted by Gasteiger charge is -2.07. The summed E-state index contributed by atoms with van der Waals surface area (Å²) in [5.74, 6) is 0. The number of carbonyl (C=O) groups excluding carboxylic acids is 1. The van der Waals surface area contributed by atoms with Crippen molar-refractivity contribution in [2.75, 3.05) is 0 Å². The van der Waals surface area contributed by atoms with Crippen LogP contribution in [0, 0.1) is 0 Å². The number of aryl methyl sites for hydroxylation is 1. The molecule has 2 heteroatoms. The van der Waals surface area contributed by atoms with Crippen molar-refractivity contribution in [1.82, 2.24) is 4.98 Å². The molecule has 0 saturated heterocycles. The van der Waals surface area contributed by atoms with E-state index in [4.69, 9.17) is 0 Å². The fraction of sp³-hybridized carbons (Fsp3) is 0.444. The Balaban J connectivity index is 2.02. The Kier molecular flexibility index (Phi) is 5.72. The SMILES string of the molecule is CCCCCCCCc1ccc(C=O)c2ncccc12. The number of hydrogen-bond donors (Lipinski definition) is 0. The summed E-state index contributed by atoms with van der Waals surface area (Å²) in [7, 11) is 0. The fourth-order valence-electron chi connectivity index (χ4n) is 2.66. The van der Waals surface area contributed by atoms with E-state index >= 15 is 0 Å². The summed E-state index contributed by atoms with van der Waals surface area (Å²) in [5, 5.41) is 1.13. The van der Waals surface area contributed by atoms with Crippen LogP contribution in [0.2, 0.25) is 0 Å². The Morgan fingerprint density at radius 1 is 1.05 bits per heavy atom. The van der Waals surface area contributed by atoms with Crippen LogP contribution in [-0.4, -0.2) is 11.3 Å². The van der Waals surface area contributed by atoms with E-state index in [1.54, 1.807) is 6.20 Å². The topological polar surface area (TPSA) is 30.0 Å². The van der Waals surface area contributed by atoms with Gasteiger partial charge in [0.05, 0.1) is 5.52 Å². The van der Waals surface area contributed by atoms with Gasteiger partial charge in [-0.2, -0.15) is 0 Å². The van der Waals surface area contributed by atoms with Gasteiger partial charge in [0.15, 0.2) is 6.29 Å². The summed E-state index contributed by atoms with van der Waals surface area (Å²) in [6.07, 6.45) is 11.6. The van der Waals surface area contributed by atoms with Gasteiger partial charge in [0.1, 0.15) is 0 Å². The largest absolute Gasteiger partial charge is 0.298 e. The number of aldehydes is 1. The van der Waals surface area contributed by atoms with E-state index in [1.807, 2.05) is 12.1 Å². The molecule has 1 heterocycles. The second kappa shape index (κ2) is 7.78. The van der Waals surface area contributed by atoms with E-state index in [0.29, 0.717) is 5.56 Å². The highest BCUT2D eigenvalue weighted by atomic mass is 16.1. The van der Waals surface area contributed by atoms with Crippen molar-refractivity contribution in [3.63, 3.8) is 0 Å². The van der Waals surface area contributed by atoms with E-state index in [9.17, 15) is 4.79 Å². The third-order valence-corrected chi connectivity index (χ3v) is 3.82. The highest BCUT2D eigenvalue weighted by Crippen LogP contribution is 2.22. The van der Waals surface area contributed by atoms with Crippen LogP contribution in [0.3, 0.4) is 0 Å². The second-order valence-corrected chi connectivity index (χ2v) is 5.35. The molecule has 2 aromatic rings. The van der Waals surface area contributed by atoms with Gasteiger partial charge in [-0.05, 0) is 30.5 Å². The van der Waals surface area contributed by atoms with Gasteiger partial charge in [-0.1, -0.05) is 51.2 Å². The molecule has 0 spiro atoms. The van der Waals surface area contributed by atoms with Gasteiger partial charge in [0.2, 0.25) is 0 Å². The predicted octanol–water partition coefficient (Wildman–Crippen LogP) is 4.95. The standard InChI is InChI=1S/C18H23NO/c1-2-3-4-5-6-7-9-15-11-12-16(14-20)18-17(15)10-8-13-19-18/h8,10-14H,2-7,9H2,1H3. The molecule has 0 aliphatic rings. The summed E-state index contributed by atoms with van der Waals surface area (Å²) in [6, 6.07) is 8.00. The molecular weight excluding hydrogens is 246 g/mol. The van der Waals surface area contributed by atoms with Crippen molar-refractivity contribution < 1.29 is 4.79 Å². The molecule has 0 N–H and O–H groups in total. The molecule has 0 radical (unpaired) electrons. The summed E-state index contributed by atoms with van der Waals surface area (Å²) < 4.78 is 0. The maximum Gasteiger partial charge on any atom is 0.152 e. The lowest BCUT2D eigenvalue weighted by Crippen LogP contribution is -1.93. The van der Waals surface area contributed by atoms with Gasteiger partial charge in [0, 0.05) is 17.1 Å². The number of rotatable bonds is 8. The molecule has 0 aliphatic carbocycles. The first-order chi connectivity index (χ1) is 9.86. The van der Waals surface area contributed by atoms with Crippen molar-refractivity contribution >= 4 is 17.2 Å². The van der Waals surface area contributed by atoms with E-state index in [1.165, 1.54) is 44.1 Å². The highest BCUT2D eigenvalue weighted by molar-refractivity contribution is 5.96. The molecule has 0 aliphatic heterocycles. The molecule has 2 rings (SSSR count). The molecular formula is C18H23NO.